The zero-order valence-electron chi connectivity index (χ0n) is 16.6. The first kappa shape index (κ1) is 21.9. The number of hydrogen-bond donors (Lipinski definition) is 3. The number of aliphatic carboxylic acids is 1. The van der Waals surface area contributed by atoms with Crippen LogP contribution in [0.5, 0.6) is 5.75 Å². The molecule has 0 saturated carbocycles. The standard InChI is InChI=1S/C21H19F3N4O3/c1-12-6-13(2)8-15(7-12)26-18-10-17(27-20(28-18)25-11-19(29)30)14-4-3-5-16(9-14)31-21(22,23)24/h3-10H,11H2,1-2H3,(H,29,30)(H2,25,26,27,28). The molecule has 7 nitrogen and oxygen atoms in total. The predicted molar refractivity (Wildman–Crippen MR) is 109 cm³/mol. The molecule has 0 fully saturated rings. The van der Waals surface area contributed by atoms with E-state index in [4.69, 9.17) is 5.11 Å². The lowest BCUT2D eigenvalue weighted by Crippen LogP contribution is -2.17. The fourth-order valence-electron chi connectivity index (χ4n) is 2.94. The third-order valence-electron chi connectivity index (χ3n) is 3.98. The number of anilines is 3. The van der Waals surface area contributed by atoms with Crippen LogP contribution in [0.2, 0.25) is 0 Å². The maximum absolute atomic E-state index is 12.6. The summed E-state index contributed by atoms with van der Waals surface area (Å²) in [6.07, 6.45) is -4.83. The van der Waals surface area contributed by atoms with Crippen molar-refractivity contribution in [2.45, 2.75) is 20.2 Å². The van der Waals surface area contributed by atoms with Gasteiger partial charge in [-0.2, -0.15) is 4.98 Å². The van der Waals surface area contributed by atoms with Crippen LogP contribution in [-0.4, -0.2) is 34.0 Å². The number of carboxylic acids is 1. The molecule has 0 saturated heterocycles. The predicted octanol–water partition coefficient (Wildman–Crippen LogP) is 4.90. The number of nitrogens with one attached hydrogen (secondary N) is 2. The molecule has 1 heterocycles. The van der Waals surface area contributed by atoms with Crippen LogP contribution in [0.4, 0.5) is 30.6 Å². The highest BCUT2D eigenvalue weighted by Gasteiger charge is 2.31. The van der Waals surface area contributed by atoms with E-state index in [2.05, 4.69) is 25.3 Å². The second-order valence-electron chi connectivity index (χ2n) is 6.79. The zero-order chi connectivity index (χ0) is 22.6. The van der Waals surface area contributed by atoms with Crippen molar-refractivity contribution in [2.75, 3.05) is 17.2 Å². The van der Waals surface area contributed by atoms with Gasteiger partial charge in [-0.05, 0) is 49.2 Å². The van der Waals surface area contributed by atoms with E-state index < -0.39 is 24.6 Å². The van der Waals surface area contributed by atoms with Gasteiger partial charge in [-0.25, -0.2) is 4.98 Å². The minimum atomic E-state index is -4.83. The third-order valence-corrected chi connectivity index (χ3v) is 3.98. The molecular weight excluding hydrogens is 413 g/mol. The van der Waals surface area contributed by atoms with Crippen molar-refractivity contribution >= 4 is 23.4 Å². The van der Waals surface area contributed by atoms with Gasteiger partial charge in [-0.1, -0.05) is 18.2 Å². The van der Waals surface area contributed by atoms with Crippen LogP contribution in [0.1, 0.15) is 11.1 Å². The van der Waals surface area contributed by atoms with Gasteiger partial charge in [0.1, 0.15) is 18.1 Å². The first-order valence-electron chi connectivity index (χ1n) is 9.14. The Morgan fingerprint density at radius 3 is 2.42 bits per heavy atom. The molecule has 0 aliphatic heterocycles. The summed E-state index contributed by atoms with van der Waals surface area (Å²) in [5, 5.41) is 14.6. The fraction of sp³-hybridized carbons (Fsp3) is 0.190. The second-order valence-corrected chi connectivity index (χ2v) is 6.79. The molecule has 0 atom stereocenters. The van der Waals surface area contributed by atoms with Gasteiger partial charge < -0.3 is 20.5 Å². The summed E-state index contributed by atoms with van der Waals surface area (Å²) in [6, 6.07) is 12.7. The summed E-state index contributed by atoms with van der Waals surface area (Å²) in [6.45, 7) is 3.45. The zero-order valence-corrected chi connectivity index (χ0v) is 16.6. The highest BCUT2D eigenvalue weighted by molar-refractivity contribution is 5.73. The molecule has 0 aliphatic rings. The number of aromatic nitrogens is 2. The van der Waals surface area contributed by atoms with Gasteiger partial charge in [0, 0.05) is 17.3 Å². The van der Waals surface area contributed by atoms with E-state index in [-0.39, 0.29) is 11.6 Å². The first-order valence-corrected chi connectivity index (χ1v) is 9.14. The molecule has 31 heavy (non-hydrogen) atoms. The largest absolute Gasteiger partial charge is 0.573 e. The summed E-state index contributed by atoms with van der Waals surface area (Å²) >= 11 is 0. The lowest BCUT2D eigenvalue weighted by molar-refractivity contribution is -0.274. The van der Waals surface area contributed by atoms with Crippen LogP contribution < -0.4 is 15.4 Å². The Morgan fingerprint density at radius 2 is 1.77 bits per heavy atom. The Kier molecular flexibility index (Phi) is 6.28. The SMILES string of the molecule is Cc1cc(C)cc(Nc2cc(-c3cccc(OC(F)(F)F)c3)nc(NCC(=O)O)n2)c1. The quantitative estimate of drug-likeness (QED) is 0.489. The minimum Gasteiger partial charge on any atom is -0.480 e. The third kappa shape index (κ3) is 6.59. The van der Waals surface area contributed by atoms with E-state index in [1.807, 2.05) is 32.0 Å². The average molecular weight is 432 g/mol. The number of hydrogen-bond acceptors (Lipinski definition) is 6. The summed E-state index contributed by atoms with van der Waals surface area (Å²) in [7, 11) is 0. The number of nitrogens with zero attached hydrogens (tertiary/aromatic N) is 2. The number of rotatable bonds is 7. The van der Waals surface area contributed by atoms with E-state index in [0.717, 1.165) is 16.8 Å². The molecule has 3 rings (SSSR count). The number of carbonyl (C=O) groups is 1. The number of benzene rings is 2. The van der Waals surface area contributed by atoms with Gasteiger partial charge in [-0.15, -0.1) is 13.2 Å². The lowest BCUT2D eigenvalue weighted by atomic mass is 10.1. The highest BCUT2D eigenvalue weighted by Crippen LogP contribution is 2.29. The molecule has 3 N–H and O–H groups in total. The van der Waals surface area contributed by atoms with Crippen molar-refractivity contribution in [3.63, 3.8) is 0 Å². The van der Waals surface area contributed by atoms with E-state index in [1.54, 1.807) is 12.1 Å². The van der Waals surface area contributed by atoms with E-state index in [1.165, 1.54) is 18.2 Å². The van der Waals surface area contributed by atoms with Gasteiger partial charge in [-0.3, -0.25) is 4.79 Å². The summed E-state index contributed by atoms with van der Waals surface area (Å²) in [5.74, 6) is -1.16. The van der Waals surface area contributed by atoms with Crippen molar-refractivity contribution in [1.82, 2.24) is 9.97 Å². The van der Waals surface area contributed by atoms with Crippen LogP contribution in [0, 0.1) is 13.8 Å². The Hall–Kier alpha value is -3.82. The van der Waals surface area contributed by atoms with Crippen LogP contribution in [0.15, 0.2) is 48.5 Å². The molecule has 0 bridgehead atoms. The van der Waals surface area contributed by atoms with Gasteiger partial charge in [0.2, 0.25) is 5.95 Å². The van der Waals surface area contributed by atoms with Crippen molar-refractivity contribution in [1.29, 1.82) is 0 Å². The van der Waals surface area contributed by atoms with Gasteiger partial charge in [0.25, 0.3) is 0 Å². The Balaban J connectivity index is 1.99. The van der Waals surface area contributed by atoms with Crippen LogP contribution in [0.3, 0.4) is 0 Å². The molecule has 10 heteroatoms. The number of aryl methyl sites for hydroxylation is 2. The summed E-state index contributed by atoms with van der Waals surface area (Å²) < 4.78 is 41.7. The smallest absolute Gasteiger partial charge is 0.480 e. The van der Waals surface area contributed by atoms with Crippen molar-refractivity contribution in [3.05, 3.63) is 59.7 Å². The first-order chi connectivity index (χ1) is 14.6. The number of ether oxygens (including phenoxy) is 1. The highest BCUT2D eigenvalue weighted by atomic mass is 19.4. The van der Waals surface area contributed by atoms with E-state index >= 15 is 0 Å². The number of alkyl halides is 3. The van der Waals surface area contributed by atoms with Crippen molar-refractivity contribution in [2.24, 2.45) is 0 Å². The van der Waals surface area contributed by atoms with E-state index in [9.17, 15) is 18.0 Å². The molecule has 2 aromatic carbocycles. The van der Waals surface area contributed by atoms with Crippen LogP contribution >= 0.6 is 0 Å². The minimum absolute atomic E-state index is 0.00826. The molecular formula is C21H19F3N4O3. The molecule has 0 unspecified atom stereocenters. The summed E-state index contributed by atoms with van der Waals surface area (Å²) in [5.41, 5.74) is 3.42. The molecule has 3 aromatic rings. The fourth-order valence-corrected chi connectivity index (χ4v) is 2.94. The second kappa shape index (κ2) is 8.90. The molecule has 0 spiro atoms. The lowest BCUT2D eigenvalue weighted by Gasteiger charge is -2.13. The molecule has 162 valence electrons. The maximum atomic E-state index is 12.6. The maximum Gasteiger partial charge on any atom is 0.573 e. The molecule has 0 amide bonds. The van der Waals surface area contributed by atoms with Crippen molar-refractivity contribution in [3.8, 4) is 17.0 Å². The average Bonchev–Trinajstić information content (AvgIpc) is 2.64. The number of halogens is 3. The number of carboxylic acid groups (broad SMARTS) is 1. The Morgan fingerprint density at radius 1 is 1.06 bits per heavy atom. The van der Waals surface area contributed by atoms with Gasteiger partial charge >= 0.3 is 12.3 Å². The molecule has 0 radical (unpaired) electrons. The Bertz CT molecular complexity index is 1080. The molecule has 1 aromatic heterocycles. The van der Waals surface area contributed by atoms with Crippen LogP contribution in [-0.2, 0) is 4.79 Å². The summed E-state index contributed by atoms with van der Waals surface area (Å²) in [4.78, 5) is 19.4. The normalized spacial score (nSPS) is 11.1. The van der Waals surface area contributed by atoms with Gasteiger partial charge in [0.05, 0.1) is 5.69 Å². The van der Waals surface area contributed by atoms with Crippen LogP contribution in [0.25, 0.3) is 11.3 Å². The van der Waals surface area contributed by atoms with Gasteiger partial charge in [0.15, 0.2) is 0 Å². The topological polar surface area (TPSA) is 96.4 Å². The molecule has 0 aliphatic carbocycles. The van der Waals surface area contributed by atoms with Crippen molar-refractivity contribution < 1.29 is 27.8 Å². The van der Waals surface area contributed by atoms with E-state index in [0.29, 0.717) is 11.4 Å². The Labute approximate surface area is 175 Å². The monoisotopic (exact) mass is 432 g/mol.